The van der Waals surface area contributed by atoms with Crippen LogP contribution >= 0.6 is 0 Å². The van der Waals surface area contributed by atoms with Gasteiger partial charge >= 0.3 is 5.63 Å². The first kappa shape index (κ1) is 22.5. The van der Waals surface area contributed by atoms with Crippen LogP contribution in [0.5, 0.6) is 11.6 Å². The van der Waals surface area contributed by atoms with Gasteiger partial charge in [-0.05, 0) is 48.4 Å². The minimum Gasteiger partial charge on any atom is -0.436 e. The van der Waals surface area contributed by atoms with Crippen LogP contribution in [0.4, 0.5) is 8.78 Å². The molecule has 4 aromatic rings. The molecule has 0 spiro atoms. The Balaban J connectivity index is 1.70. The molecule has 0 aliphatic heterocycles. The van der Waals surface area contributed by atoms with Gasteiger partial charge in [0, 0.05) is 42.1 Å². The number of hydrogen-bond donors (Lipinski definition) is 0. The van der Waals surface area contributed by atoms with Crippen molar-refractivity contribution in [3.8, 4) is 11.6 Å². The van der Waals surface area contributed by atoms with E-state index in [-0.39, 0.29) is 40.5 Å². The lowest BCUT2D eigenvalue weighted by Gasteiger charge is -2.11. The number of fused-ring (bicyclic) bond motifs is 1. The van der Waals surface area contributed by atoms with E-state index in [0.717, 1.165) is 6.26 Å². The van der Waals surface area contributed by atoms with Gasteiger partial charge in [-0.2, -0.15) is 0 Å². The molecule has 170 valence electrons. The van der Waals surface area contributed by atoms with E-state index in [4.69, 9.17) is 9.15 Å². The molecule has 1 aromatic carbocycles. The van der Waals surface area contributed by atoms with Crippen molar-refractivity contribution in [2.75, 3.05) is 6.26 Å². The summed E-state index contributed by atoms with van der Waals surface area (Å²) in [7, 11) is -3.49. The van der Waals surface area contributed by atoms with Gasteiger partial charge in [0.25, 0.3) is 5.88 Å². The van der Waals surface area contributed by atoms with Gasteiger partial charge in [-0.15, -0.1) is 0 Å². The smallest absolute Gasteiger partial charge is 0.340 e. The Hall–Kier alpha value is -3.66. The van der Waals surface area contributed by atoms with E-state index in [2.05, 4.69) is 9.97 Å². The average molecular weight is 472 g/mol. The van der Waals surface area contributed by atoms with Crippen molar-refractivity contribution in [3.63, 3.8) is 0 Å². The second kappa shape index (κ2) is 8.70. The van der Waals surface area contributed by atoms with Crippen LogP contribution in [0, 0.1) is 18.6 Å². The zero-order valence-electron chi connectivity index (χ0n) is 17.6. The highest BCUT2D eigenvalue weighted by molar-refractivity contribution is 7.89. The summed E-state index contributed by atoms with van der Waals surface area (Å²) in [4.78, 5) is 20.3. The number of sulfone groups is 1. The Labute approximate surface area is 187 Å². The molecule has 3 aromatic heterocycles. The first-order chi connectivity index (χ1) is 15.6. The number of rotatable bonds is 6. The van der Waals surface area contributed by atoms with Crippen molar-refractivity contribution in [2.24, 2.45) is 0 Å². The van der Waals surface area contributed by atoms with Crippen molar-refractivity contribution in [3.05, 3.63) is 93.2 Å². The predicted molar refractivity (Wildman–Crippen MR) is 117 cm³/mol. The molecule has 0 unspecified atom stereocenters. The summed E-state index contributed by atoms with van der Waals surface area (Å²) in [5.41, 5.74) is 0.246. The zero-order valence-corrected chi connectivity index (χ0v) is 18.4. The molecule has 0 radical (unpaired) electrons. The summed E-state index contributed by atoms with van der Waals surface area (Å²) < 4.78 is 62.6. The van der Waals surface area contributed by atoms with Crippen LogP contribution < -0.4 is 10.4 Å². The third-order valence-electron chi connectivity index (χ3n) is 5.01. The molecule has 0 aliphatic rings. The maximum absolute atomic E-state index is 14.8. The van der Waals surface area contributed by atoms with Gasteiger partial charge in [-0.25, -0.2) is 27.0 Å². The standard InChI is InChI=1S/C23H18F2N2O5S/c1-13-16-6-5-15(31-22-18(24)4-3-8-27-22)11-20(16)32-23(28)17(13)10-14-7-9-26-19(21(14)25)12-33(2,29)30/h3-9,11H,10,12H2,1-2H3. The van der Waals surface area contributed by atoms with Gasteiger partial charge in [-0.3, -0.25) is 4.98 Å². The van der Waals surface area contributed by atoms with E-state index < -0.39 is 32.9 Å². The lowest BCUT2D eigenvalue weighted by Crippen LogP contribution is -2.13. The Kier molecular flexibility index (Phi) is 5.94. The quantitative estimate of drug-likeness (QED) is 0.390. The lowest BCUT2D eigenvalue weighted by atomic mass is 9.99. The molecular formula is C23H18F2N2O5S. The molecule has 0 atom stereocenters. The summed E-state index contributed by atoms with van der Waals surface area (Å²) in [6.07, 6.45) is 3.57. The molecular weight excluding hydrogens is 454 g/mol. The first-order valence-corrected chi connectivity index (χ1v) is 11.8. The fraction of sp³-hybridized carbons (Fsp3) is 0.174. The first-order valence-electron chi connectivity index (χ1n) is 9.77. The van der Waals surface area contributed by atoms with Crippen LogP contribution in [-0.4, -0.2) is 24.6 Å². The molecule has 0 saturated heterocycles. The Bertz CT molecular complexity index is 1530. The Morgan fingerprint density at radius 3 is 2.61 bits per heavy atom. The summed E-state index contributed by atoms with van der Waals surface area (Å²) in [5, 5.41) is 0.587. The number of hydrogen-bond acceptors (Lipinski definition) is 7. The summed E-state index contributed by atoms with van der Waals surface area (Å²) in [6, 6.07) is 8.69. The molecule has 0 saturated carbocycles. The van der Waals surface area contributed by atoms with Gasteiger partial charge in [0.2, 0.25) is 0 Å². The maximum atomic E-state index is 14.8. The van der Waals surface area contributed by atoms with E-state index >= 15 is 0 Å². The molecule has 0 aliphatic carbocycles. The minimum atomic E-state index is -3.49. The minimum absolute atomic E-state index is 0.105. The van der Waals surface area contributed by atoms with E-state index in [1.54, 1.807) is 19.1 Å². The summed E-state index contributed by atoms with van der Waals surface area (Å²) >= 11 is 0. The molecule has 0 amide bonds. The van der Waals surface area contributed by atoms with Crippen LogP contribution in [0.3, 0.4) is 0 Å². The molecule has 7 nitrogen and oxygen atoms in total. The highest BCUT2D eigenvalue weighted by Crippen LogP contribution is 2.28. The monoisotopic (exact) mass is 472 g/mol. The van der Waals surface area contributed by atoms with Gasteiger partial charge < -0.3 is 9.15 Å². The van der Waals surface area contributed by atoms with Crippen molar-refractivity contribution in [1.29, 1.82) is 0 Å². The van der Waals surface area contributed by atoms with E-state index in [0.29, 0.717) is 10.9 Å². The molecule has 33 heavy (non-hydrogen) atoms. The van der Waals surface area contributed by atoms with Gasteiger partial charge in [-0.1, -0.05) is 0 Å². The number of nitrogens with zero attached hydrogens (tertiary/aromatic N) is 2. The molecule has 0 N–H and O–H groups in total. The second-order valence-electron chi connectivity index (χ2n) is 7.52. The van der Waals surface area contributed by atoms with Crippen molar-refractivity contribution in [2.45, 2.75) is 19.1 Å². The van der Waals surface area contributed by atoms with E-state index in [1.165, 1.54) is 36.7 Å². The maximum Gasteiger partial charge on any atom is 0.340 e. The normalized spacial score (nSPS) is 11.6. The molecule has 4 rings (SSSR count). The van der Waals surface area contributed by atoms with E-state index in [1.807, 2.05) is 0 Å². The van der Waals surface area contributed by atoms with E-state index in [9.17, 15) is 22.0 Å². The topological polar surface area (TPSA) is 99.4 Å². The molecule has 3 heterocycles. The third kappa shape index (κ3) is 4.90. The highest BCUT2D eigenvalue weighted by Gasteiger charge is 2.18. The van der Waals surface area contributed by atoms with Crippen molar-refractivity contribution in [1.82, 2.24) is 9.97 Å². The van der Waals surface area contributed by atoms with Crippen LogP contribution in [-0.2, 0) is 22.0 Å². The average Bonchev–Trinajstić information content (AvgIpc) is 2.74. The number of benzene rings is 1. The number of aryl methyl sites for hydroxylation is 1. The second-order valence-corrected chi connectivity index (χ2v) is 9.66. The number of ether oxygens (including phenoxy) is 1. The Morgan fingerprint density at radius 1 is 1.09 bits per heavy atom. The van der Waals surface area contributed by atoms with Gasteiger partial charge in [0.1, 0.15) is 17.1 Å². The highest BCUT2D eigenvalue weighted by atomic mass is 32.2. The fourth-order valence-electron chi connectivity index (χ4n) is 3.41. The van der Waals surface area contributed by atoms with Crippen LogP contribution in [0.2, 0.25) is 0 Å². The SMILES string of the molecule is Cc1c(Cc2ccnc(CS(C)(=O)=O)c2F)c(=O)oc2cc(Oc3ncccc3F)ccc12. The van der Waals surface area contributed by atoms with Crippen LogP contribution in [0.1, 0.15) is 22.4 Å². The summed E-state index contributed by atoms with van der Waals surface area (Å²) in [6.45, 7) is 1.70. The molecule has 0 fully saturated rings. The number of pyridine rings is 2. The zero-order chi connectivity index (χ0) is 23.8. The van der Waals surface area contributed by atoms with Crippen LogP contribution in [0.25, 0.3) is 11.0 Å². The van der Waals surface area contributed by atoms with Crippen molar-refractivity contribution >= 4 is 20.8 Å². The third-order valence-corrected chi connectivity index (χ3v) is 5.80. The largest absolute Gasteiger partial charge is 0.436 e. The van der Waals surface area contributed by atoms with Gasteiger partial charge in [0.05, 0.1) is 11.4 Å². The fourth-order valence-corrected chi connectivity index (χ4v) is 4.11. The Morgan fingerprint density at radius 2 is 1.88 bits per heavy atom. The number of aromatic nitrogens is 2. The number of halogens is 2. The van der Waals surface area contributed by atoms with Crippen LogP contribution in [0.15, 0.2) is 58.0 Å². The van der Waals surface area contributed by atoms with Gasteiger partial charge in [0.15, 0.2) is 15.7 Å². The molecule has 10 heteroatoms. The molecule has 0 bridgehead atoms. The summed E-state index contributed by atoms with van der Waals surface area (Å²) in [5.74, 6) is -1.95. The lowest BCUT2D eigenvalue weighted by molar-refractivity contribution is 0.422. The van der Waals surface area contributed by atoms with Crippen molar-refractivity contribution < 1.29 is 26.4 Å². The predicted octanol–water partition coefficient (Wildman–Crippen LogP) is 4.10.